The minimum atomic E-state index is 0.0518. The molecule has 1 unspecified atom stereocenters. The summed E-state index contributed by atoms with van der Waals surface area (Å²) in [5.74, 6) is 0.609. The predicted octanol–water partition coefficient (Wildman–Crippen LogP) is 2.59. The summed E-state index contributed by atoms with van der Waals surface area (Å²) < 4.78 is 0. The van der Waals surface area contributed by atoms with Crippen molar-refractivity contribution in [3.63, 3.8) is 0 Å². The molecule has 0 radical (unpaired) electrons. The van der Waals surface area contributed by atoms with Gasteiger partial charge in [0.2, 0.25) is 0 Å². The van der Waals surface area contributed by atoms with Crippen LogP contribution in [0.5, 0.6) is 5.75 Å². The van der Waals surface area contributed by atoms with Crippen LogP contribution in [0.1, 0.15) is 13.8 Å². The lowest BCUT2D eigenvalue weighted by Crippen LogP contribution is -2.19. The van der Waals surface area contributed by atoms with Gasteiger partial charge in [0.1, 0.15) is 0 Å². The molecule has 78 valence electrons. The fraction of sp³-hybridized carbons (Fsp3) is 0.455. The Morgan fingerprint density at radius 1 is 1.36 bits per heavy atom. The molecule has 0 aliphatic heterocycles. The molecule has 0 fully saturated rings. The van der Waals surface area contributed by atoms with Gasteiger partial charge in [-0.15, -0.1) is 0 Å². The highest BCUT2D eigenvalue weighted by Gasteiger charge is 2.07. The predicted molar refractivity (Wildman–Crippen MR) is 61.9 cm³/mol. The lowest BCUT2D eigenvalue weighted by Gasteiger charge is -2.19. The van der Waals surface area contributed by atoms with Gasteiger partial charge in [-0.25, -0.2) is 0 Å². The summed E-state index contributed by atoms with van der Waals surface area (Å²) in [5, 5.41) is 14.5. The van der Waals surface area contributed by atoms with Crippen molar-refractivity contribution in [1.82, 2.24) is 0 Å². The standard InChI is InChI=1S/C11H16BrNO/c1-8(2)9(12)7-13-10-5-3-4-6-11(10)14/h3-6,8-9,13-14H,7H2,1-2H3/p-1. The third-order valence-electron chi connectivity index (χ3n) is 2.10. The van der Waals surface area contributed by atoms with Gasteiger partial charge in [-0.3, -0.25) is 0 Å². The Hall–Kier alpha value is -0.700. The van der Waals surface area contributed by atoms with Crippen LogP contribution in [0.2, 0.25) is 0 Å². The van der Waals surface area contributed by atoms with Crippen molar-refractivity contribution in [3.05, 3.63) is 24.3 Å². The highest BCUT2D eigenvalue weighted by molar-refractivity contribution is 9.09. The van der Waals surface area contributed by atoms with E-state index in [0.717, 1.165) is 6.54 Å². The molecule has 0 aliphatic carbocycles. The van der Waals surface area contributed by atoms with Crippen LogP contribution >= 0.6 is 15.9 Å². The molecule has 14 heavy (non-hydrogen) atoms. The minimum absolute atomic E-state index is 0.0518. The smallest absolute Gasteiger partial charge is 0.0341 e. The molecule has 3 heteroatoms. The topological polar surface area (TPSA) is 35.1 Å². The lowest BCUT2D eigenvalue weighted by molar-refractivity contribution is -0.267. The molecule has 0 saturated heterocycles. The quantitative estimate of drug-likeness (QED) is 0.841. The summed E-state index contributed by atoms with van der Waals surface area (Å²) in [6.45, 7) is 5.06. The largest absolute Gasteiger partial charge is 0.871 e. The second-order valence-corrected chi connectivity index (χ2v) is 4.81. The SMILES string of the molecule is CC(C)C(Br)CNc1ccccc1[O-]. The molecule has 0 aromatic heterocycles. The first-order valence-corrected chi connectivity index (χ1v) is 5.67. The first-order valence-electron chi connectivity index (χ1n) is 4.75. The van der Waals surface area contributed by atoms with Crippen molar-refractivity contribution in [1.29, 1.82) is 0 Å². The molecule has 2 nitrogen and oxygen atoms in total. The zero-order chi connectivity index (χ0) is 10.6. The number of para-hydroxylation sites is 2. The van der Waals surface area contributed by atoms with Crippen LogP contribution in [0.25, 0.3) is 0 Å². The van der Waals surface area contributed by atoms with Crippen molar-refractivity contribution in [2.24, 2.45) is 5.92 Å². The Bertz CT molecular complexity index is 288. The molecule has 0 amide bonds. The van der Waals surface area contributed by atoms with E-state index in [2.05, 4.69) is 35.1 Å². The van der Waals surface area contributed by atoms with Crippen LogP contribution in [0.4, 0.5) is 5.69 Å². The van der Waals surface area contributed by atoms with Gasteiger partial charge in [0, 0.05) is 17.1 Å². The first kappa shape index (κ1) is 11.4. The Balaban J connectivity index is 2.50. The average molecular weight is 257 g/mol. The number of halogens is 1. The van der Waals surface area contributed by atoms with E-state index in [0.29, 0.717) is 16.4 Å². The number of nitrogens with one attached hydrogen (secondary N) is 1. The summed E-state index contributed by atoms with van der Waals surface area (Å²) in [5.41, 5.74) is 0.678. The fourth-order valence-corrected chi connectivity index (χ4v) is 1.22. The van der Waals surface area contributed by atoms with Crippen LogP contribution in [0, 0.1) is 5.92 Å². The second kappa shape index (κ2) is 5.25. The van der Waals surface area contributed by atoms with Crippen molar-refractivity contribution >= 4 is 21.6 Å². The molecular weight excluding hydrogens is 242 g/mol. The Morgan fingerprint density at radius 3 is 2.57 bits per heavy atom. The molecule has 1 aromatic rings. The van der Waals surface area contributed by atoms with Crippen LogP contribution < -0.4 is 10.4 Å². The van der Waals surface area contributed by atoms with Gasteiger partial charge in [0.15, 0.2) is 0 Å². The Labute approximate surface area is 93.5 Å². The Morgan fingerprint density at radius 2 is 2.00 bits per heavy atom. The molecule has 0 spiro atoms. The molecule has 1 rings (SSSR count). The van der Waals surface area contributed by atoms with Crippen LogP contribution in [-0.2, 0) is 0 Å². The molecule has 1 atom stereocenters. The van der Waals surface area contributed by atoms with E-state index in [1.807, 2.05) is 12.1 Å². The van der Waals surface area contributed by atoms with Gasteiger partial charge < -0.3 is 10.4 Å². The zero-order valence-corrected chi connectivity index (χ0v) is 10.0. The van der Waals surface area contributed by atoms with Gasteiger partial charge in [0.25, 0.3) is 0 Å². The summed E-state index contributed by atoms with van der Waals surface area (Å²) in [4.78, 5) is 0.391. The average Bonchev–Trinajstić information content (AvgIpc) is 2.16. The molecule has 0 heterocycles. The van der Waals surface area contributed by atoms with Gasteiger partial charge >= 0.3 is 0 Å². The number of hydrogen-bond donors (Lipinski definition) is 1. The van der Waals surface area contributed by atoms with Crippen LogP contribution in [0.15, 0.2) is 24.3 Å². The summed E-state index contributed by atoms with van der Waals surface area (Å²) >= 11 is 3.56. The Kier molecular flexibility index (Phi) is 4.26. The van der Waals surface area contributed by atoms with Crippen molar-refractivity contribution in [2.75, 3.05) is 11.9 Å². The number of alkyl halides is 1. The molecule has 1 aromatic carbocycles. The number of benzene rings is 1. The molecule has 0 aliphatic rings. The van der Waals surface area contributed by atoms with Crippen molar-refractivity contribution in [2.45, 2.75) is 18.7 Å². The fourth-order valence-electron chi connectivity index (χ4n) is 1.06. The maximum absolute atomic E-state index is 11.3. The third-order valence-corrected chi connectivity index (χ3v) is 3.48. The van der Waals surface area contributed by atoms with E-state index in [4.69, 9.17) is 0 Å². The maximum atomic E-state index is 11.3. The third kappa shape index (κ3) is 3.22. The van der Waals surface area contributed by atoms with E-state index >= 15 is 0 Å². The van der Waals surface area contributed by atoms with Gasteiger partial charge in [-0.05, 0) is 12.0 Å². The highest BCUT2D eigenvalue weighted by Crippen LogP contribution is 2.20. The van der Waals surface area contributed by atoms with Gasteiger partial charge in [-0.2, -0.15) is 0 Å². The summed E-state index contributed by atoms with van der Waals surface area (Å²) in [7, 11) is 0. The number of rotatable bonds is 4. The first-order chi connectivity index (χ1) is 6.61. The molecular formula is C11H15BrNO-. The minimum Gasteiger partial charge on any atom is -0.871 e. The van der Waals surface area contributed by atoms with E-state index < -0.39 is 0 Å². The second-order valence-electron chi connectivity index (χ2n) is 3.64. The molecule has 0 bridgehead atoms. The summed E-state index contributed by atoms with van der Waals surface area (Å²) in [6.07, 6.45) is 0. The van der Waals surface area contributed by atoms with Crippen molar-refractivity contribution in [3.8, 4) is 5.75 Å². The van der Waals surface area contributed by atoms with E-state index in [9.17, 15) is 5.11 Å². The van der Waals surface area contributed by atoms with Gasteiger partial charge in [-0.1, -0.05) is 53.7 Å². The van der Waals surface area contributed by atoms with E-state index in [1.165, 1.54) is 0 Å². The normalized spacial score (nSPS) is 12.9. The number of hydrogen-bond acceptors (Lipinski definition) is 2. The van der Waals surface area contributed by atoms with E-state index in [1.54, 1.807) is 12.1 Å². The zero-order valence-electron chi connectivity index (χ0n) is 8.46. The molecule has 1 N–H and O–H groups in total. The lowest BCUT2D eigenvalue weighted by atomic mass is 10.1. The maximum Gasteiger partial charge on any atom is 0.0341 e. The van der Waals surface area contributed by atoms with E-state index in [-0.39, 0.29) is 5.75 Å². The van der Waals surface area contributed by atoms with Crippen molar-refractivity contribution < 1.29 is 5.11 Å². The number of anilines is 1. The highest BCUT2D eigenvalue weighted by atomic mass is 79.9. The van der Waals surface area contributed by atoms with Crippen LogP contribution in [-0.4, -0.2) is 11.4 Å². The monoisotopic (exact) mass is 256 g/mol. The molecule has 0 saturated carbocycles. The van der Waals surface area contributed by atoms with Crippen LogP contribution in [0.3, 0.4) is 0 Å². The summed E-state index contributed by atoms with van der Waals surface area (Å²) in [6, 6.07) is 6.99. The van der Waals surface area contributed by atoms with Gasteiger partial charge in [0.05, 0.1) is 0 Å².